The maximum Gasteiger partial charge on any atom is 0.270 e. The van der Waals surface area contributed by atoms with E-state index in [4.69, 9.17) is 11.6 Å². The molecule has 0 aliphatic carbocycles. The Kier molecular flexibility index (Phi) is 4.96. The highest BCUT2D eigenvalue weighted by molar-refractivity contribution is 6.30. The third-order valence-electron chi connectivity index (χ3n) is 3.90. The smallest absolute Gasteiger partial charge is 0.270 e. The van der Waals surface area contributed by atoms with Crippen molar-refractivity contribution in [3.8, 4) is 0 Å². The van der Waals surface area contributed by atoms with Gasteiger partial charge in [-0.1, -0.05) is 23.7 Å². The van der Waals surface area contributed by atoms with Crippen LogP contribution in [0.2, 0.25) is 5.02 Å². The lowest BCUT2D eigenvalue weighted by Gasteiger charge is -2.34. The Morgan fingerprint density at radius 1 is 1.08 bits per heavy atom. The van der Waals surface area contributed by atoms with Crippen LogP contribution in [0.1, 0.15) is 5.56 Å². The molecule has 3 rings (SSSR count). The van der Waals surface area contributed by atoms with Crippen molar-refractivity contribution >= 4 is 29.2 Å². The van der Waals surface area contributed by atoms with Gasteiger partial charge in [0.05, 0.1) is 24.2 Å². The molecule has 0 unspecified atom stereocenters. The highest BCUT2D eigenvalue weighted by atomic mass is 35.5. The average Bonchev–Trinajstić information content (AvgIpc) is 2.61. The van der Waals surface area contributed by atoms with E-state index in [-0.39, 0.29) is 5.69 Å². The Hall–Kier alpha value is -2.60. The molecule has 0 radical (unpaired) electrons. The van der Waals surface area contributed by atoms with Crippen LogP contribution >= 0.6 is 11.6 Å². The number of hydrazone groups is 1. The van der Waals surface area contributed by atoms with Crippen molar-refractivity contribution in [1.82, 2.24) is 5.01 Å². The quantitative estimate of drug-likeness (QED) is 0.484. The summed E-state index contributed by atoms with van der Waals surface area (Å²) in [5, 5.41) is 17.9. The molecule has 0 N–H and O–H groups in total. The van der Waals surface area contributed by atoms with E-state index in [2.05, 4.69) is 10.0 Å². The molecule has 2 aromatic rings. The van der Waals surface area contributed by atoms with Crippen LogP contribution in [0.3, 0.4) is 0 Å². The first-order valence-corrected chi connectivity index (χ1v) is 8.03. The van der Waals surface area contributed by atoms with E-state index in [0.717, 1.165) is 42.5 Å². The minimum atomic E-state index is -0.401. The minimum Gasteiger partial charge on any atom is -0.368 e. The fourth-order valence-corrected chi connectivity index (χ4v) is 2.71. The average molecular weight is 345 g/mol. The molecule has 1 saturated heterocycles. The Labute approximate surface area is 145 Å². The predicted molar refractivity (Wildman–Crippen MR) is 95.9 cm³/mol. The molecule has 0 saturated carbocycles. The summed E-state index contributed by atoms with van der Waals surface area (Å²) in [7, 11) is 0. The van der Waals surface area contributed by atoms with Gasteiger partial charge in [-0.05, 0) is 24.3 Å². The molecule has 2 aromatic carbocycles. The van der Waals surface area contributed by atoms with Crippen LogP contribution in [-0.2, 0) is 0 Å². The van der Waals surface area contributed by atoms with Crippen molar-refractivity contribution in [2.24, 2.45) is 5.10 Å². The van der Waals surface area contributed by atoms with E-state index < -0.39 is 4.92 Å². The van der Waals surface area contributed by atoms with Gasteiger partial charge in [-0.3, -0.25) is 15.1 Å². The molecule has 0 bridgehead atoms. The van der Waals surface area contributed by atoms with Crippen LogP contribution < -0.4 is 4.90 Å². The monoisotopic (exact) mass is 344 g/mol. The second-order valence-electron chi connectivity index (χ2n) is 5.51. The summed E-state index contributed by atoms with van der Waals surface area (Å²) >= 11 is 5.92. The zero-order valence-corrected chi connectivity index (χ0v) is 13.8. The summed E-state index contributed by atoms with van der Waals surface area (Å²) in [6.45, 7) is 3.34. The normalized spacial score (nSPS) is 15.0. The van der Waals surface area contributed by atoms with E-state index in [9.17, 15) is 10.1 Å². The van der Waals surface area contributed by atoms with Gasteiger partial charge in [-0.25, -0.2) is 0 Å². The number of piperazine rings is 1. The molecule has 1 heterocycles. The number of hydrogen-bond donors (Lipinski definition) is 0. The lowest BCUT2D eigenvalue weighted by Crippen LogP contribution is -2.44. The zero-order valence-electron chi connectivity index (χ0n) is 13.0. The van der Waals surface area contributed by atoms with E-state index in [1.807, 2.05) is 29.3 Å². The van der Waals surface area contributed by atoms with Crippen LogP contribution in [0.5, 0.6) is 0 Å². The molecular formula is C17H17ClN4O2. The molecular weight excluding hydrogens is 328 g/mol. The lowest BCUT2D eigenvalue weighted by atomic mass is 10.2. The Bertz CT molecular complexity index is 741. The molecule has 1 fully saturated rings. The van der Waals surface area contributed by atoms with Gasteiger partial charge in [-0.15, -0.1) is 0 Å². The Morgan fingerprint density at radius 2 is 1.79 bits per heavy atom. The van der Waals surface area contributed by atoms with Gasteiger partial charge >= 0.3 is 0 Å². The molecule has 24 heavy (non-hydrogen) atoms. The standard InChI is InChI=1S/C17H17ClN4O2/c18-15-4-6-16(7-5-15)20-8-10-21(11-9-20)19-13-14-2-1-3-17(12-14)22(23)24/h1-7,12-13H,8-11H2/b19-13-. The van der Waals surface area contributed by atoms with Crippen molar-refractivity contribution in [2.45, 2.75) is 0 Å². The number of nitro groups is 1. The second-order valence-corrected chi connectivity index (χ2v) is 5.95. The van der Waals surface area contributed by atoms with Crippen LogP contribution in [0.15, 0.2) is 53.6 Å². The number of non-ortho nitro benzene ring substituents is 1. The summed E-state index contributed by atoms with van der Waals surface area (Å²) in [5.41, 5.74) is 1.96. The van der Waals surface area contributed by atoms with Crippen LogP contribution in [0.25, 0.3) is 0 Å². The summed E-state index contributed by atoms with van der Waals surface area (Å²) in [6, 6.07) is 14.3. The van der Waals surface area contributed by atoms with Crippen molar-refractivity contribution in [2.75, 3.05) is 31.1 Å². The van der Waals surface area contributed by atoms with Crippen molar-refractivity contribution in [1.29, 1.82) is 0 Å². The minimum absolute atomic E-state index is 0.0755. The molecule has 0 amide bonds. The fraction of sp³-hybridized carbons (Fsp3) is 0.235. The van der Waals surface area contributed by atoms with E-state index in [1.165, 1.54) is 12.1 Å². The van der Waals surface area contributed by atoms with E-state index in [1.54, 1.807) is 18.3 Å². The lowest BCUT2D eigenvalue weighted by molar-refractivity contribution is -0.384. The van der Waals surface area contributed by atoms with E-state index in [0.29, 0.717) is 0 Å². The maximum atomic E-state index is 10.8. The number of nitro benzene ring substituents is 1. The molecule has 124 valence electrons. The molecule has 7 heteroatoms. The van der Waals surface area contributed by atoms with Gasteiger partial charge in [0.15, 0.2) is 0 Å². The number of benzene rings is 2. The van der Waals surface area contributed by atoms with Gasteiger partial charge in [0.25, 0.3) is 5.69 Å². The van der Waals surface area contributed by atoms with Gasteiger partial charge in [0.2, 0.25) is 0 Å². The topological polar surface area (TPSA) is 62.0 Å². The summed E-state index contributed by atoms with van der Waals surface area (Å²) < 4.78 is 0. The van der Waals surface area contributed by atoms with Gasteiger partial charge in [0, 0.05) is 41.5 Å². The number of nitrogens with zero attached hydrogens (tertiary/aromatic N) is 4. The third kappa shape index (κ3) is 4.02. The Balaban J connectivity index is 1.58. The molecule has 1 aliphatic heterocycles. The first-order chi connectivity index (χ1) is 11.6. The van der Waals surface area contributed by atoms with Gasteiger partial charge in [0.1, 0.15) is 0 Å². The van der Waals surface area contributed by atoms with Crippen molar-refractivity contribution < 1.29 is 4.92 Å². The van der Waals surface area contributed by atoms with Crippen molar-refractivity contribution in [3.05, 3.63) is 69.2 Å². The summed E-state index contributed by atoms with van der Waals surface area (Å²) in [6.07, 6.45) is 1.67. The molecule has 0 spiro atoms. The molecule has 1 aliphatic rings. The van der Waals surface area contributed by atoms with Crippen LogP contribution in [0, 0.1) is 10.1 Å². The highest BCUT2D eigenvalue weighted by Gasteiger charge is 2.15. The predicted octanol–water partition coefficient (Wildman–Crippen LogP) is 3.40. The van der Waals surface area contributed by atoms with Gasteiger partial charge < -0.3 is 4.90 Å². The van der Waals surface area contributed by atoms with Gasteiger partial charge in [-0.2, -0.15) is 5.10 Å². The largest absolute Gasteiger partial charge is 0.368 e. The summed E-state index contributed by atoms with van der Waals surface area (Å²) in [5.74, 6) is 0. The fourth-order valence-electron chi connectivity index (χ4n) is 2.59. The zero-order chi connectivity index (χ0) is 16.9. The number of hydrogen-bond acceptors (Lipinski definition) is 5. The first kappa shape index (κ1) is 16.3. The number of rotatable bonds is 4. The van der Waals surface area contributed by atoms with E-state index >= 15 is 0 Å². The highest BCUT2D eigenvalue weighted by Crippen LogP contribution is 2.19. The number of halogens is 1. The second kappa shape index (κ2) is 7.31. The molecule has 0 atom stereocenters. The Morgan fingerprint density at radius 3 is 2.46 bits per heavy atom. The number of anilines is 1. The maximum absolute atomic E-state index is 10.8. The third-order valence-corrected chi connectivity index (χ3v) is 4.15. The van der Waals surface area contributed by atoms with Crippen molar-refractivity contribution in [3.63, 3.8) is 0 Å². The van der Waals surface area contributed by atoms with Crippen LogP contribution in [-0.4, -0.2) is 42.3 Å². The summed E-state index contributed by atoms with van der Waals surface area (Å²) in [4.78, 5) is 12.7. The van der Waals surface area contributed by atoms with Crippen LogP contribution in [0.4, 0.5) is 11.4 Å². The molecule has 0 aromatic heterocycles. The molecule has 6 nitrogen and oxygen atoms in total. The SMILES string of the molecule is O=[N+]([O-])c1cccc(/C=N\N2CCN(c3ccc(Cl)cc3)CC2)c1. The first-order valence-electron chi connectivity index (χ1n) is 7.66.